The Morgan fingerprint density at radius 1 is 1.80 bits per heavy atom. The third-order valence-electron chi connectivity index (χ3n) is 0.230. The first-order valence-corrected chi connectivity index (χ1v) is 3.41. The maximum Gasteiger partial charge on any atom is 0.131 e. The van der Waals surface area contributed by atoms with Crippen molar-refractivity contribution in [1.82, 2.24) is 9.96 Å². The van der Waals surface area contributed by atoms with Gasteiger partial charge in [-0.05, 0) is 0 Å². The summed E-state index contributed by atoms with van der Waals surface area (Å²) in [7, 11) is 2.60. The van der Waals surface area contributed by atoms with Crippen molar-refractivity contribution >= 4 is 18.5 Å². The quantitative estimate of drug-likeness (QED) is 0.492. The molecule has 1 rings (SSSR count). The van der Waals surface area contributed by atoms with E-state index in [1.165, 1.54) is 0 Å². The Kier molecular flexibility index (Phi) is 0.914. The molecule has 0 aliphatic heterocycles. The third-order valence-corrected chi connectivity index (χ3v) is 1.47. The van der Waals surface area contributed by atoms with Crippen molar-refractivity contribution in [3.63, 3.8) is 0 Å². The summed E-state index contributed by atoms with van der Waals surface area (Å²) in [6.07, 6.45) is 0. The molecule has 0 atom stereocenters. The molecule has 0 unspecified atom stereocenters. The van der Waals surface area contributed by atoms with Crippen LogP contribution in [0.4, 0.5) is 0 Å². The summed E-state index contributed by atoms with van der Waals surface area (Å²) in [5, 5.41) is 3.53. The van der Waals surface area contributed by atoms with Crippen molar-refractivity contribution in [2.75, 3.05) is 0 Å². The maximum absolute atomic E-state index is 3.59. The Hall–Kier alpha value is -0.0100. The van der Waals surface area contributed by atoms with Crippen LogP contribution >= 0.6 is 18.5 Å². The van der Waals surface area contributed by atoms with Crippen molar-refractivity contribution in [2.24, 2.45) is 0 Å². The predicted octanol–water partition coefficient (Wildman–Crippen LogP) is 1.12. The summed E-state index contributed by atoms with van der Waals surface area (Å²) in [6.45, 7) is 0. The van der Waals surface area contributed by atoms with Gasteiger partial charge in [0.2, 0.25) is 0 Å². The molecule has 0 N–H and O–H groups in total. The zero-order valence-electron chi connectivity index (χ0n) is 2.33. The van der Waals surface area contributed by atoms with Crippen LogP contribution in [0.1, 0.15) is 0 Å². The molecule has 1 heterocycles. The molecule has 0 spiro atoms. The first-order chi connectivity index (χ1) is 2.50. The van der Waals surface area contributed by atoms with Gasteiger partial charge in [-0.25, -0.2) is 0 Å². The fourth-order valence-electron chi connectivity index (χ4n) is 0.105. The Labute approximate surface area is 34.8 Å². The van der Waals surface area contributed by atoms with Crippen LogP contribution in [-0.4, -0.2) is 9.96 Å². The van der Waals surface area contributed by atoms with Crippen LogP contribution in [0.5, 0.6) is 0 Å². The Morgan fingerprint density at radius 3 is 3.00 bits per heavy atom. The van der Waals surface area contributed by atoms with Crippen LogP contribution in [0.3, 0.4) is 0 Å². The van der Waals surface area contributed by atoms with E-state index in [1.807, 2.05) is 0 Å². The average Bonchev–Trinajstić information content (AvgIpc) is 1.76. The van der Waals surface area contributed by atoms with Crippen LogP contribution in [0.15, 0.2) is 5.51 Å². The summed E-state index contributed by atoms with van der Waals surface area (Å²) in [5.74, 6) is 0. The van der Waals surface area contributed by atoms with E-state index < -0.39 is 0 Å². The molecule has 0 saturated carbocycles. The molecular formula is CHN2PS. The highest BCUT2D eigenvalue weighted by Crippen LogP contribution is 2.01. The van der Waals surface area contributed by atoms with Gasteiger partial charge in [-0.15, -0.1) is 9.96 Å². The first-order valence-electron chi connectivity index (χ1n) is 1.08. The van der Waals surface area contributed by atoms with E-state index in [-0.39, 0.29) is 0 Å². The van der Waals surface area contributed by atoms with Gasteiger partial charge in [0, 0.05) is 0 Å². The molecule has 5 heavy (non-hydrogen) atoms. The normalized spacial score (nSPS) is 9.60. The second-order valence-corrected chi connectivity index (χ2v) is 2.38. The monoisotopic (exact) mass is 104 g/mol. The van der Waals surface area contributed by atoms with Crippen molar-refractivity contribution in [3.8, 4) is 0 Å². The number of rotatable bonds is 0. The summed E-state index contributed by atoms with van der Waals surface area (Å²) < 4.78 is 0. The summed E-state index contributed by atoms with van der Waals surface area (Å²) in [6, 6.07) is 0. The second-order valence-electron chi connectivity index (χ2n) is 0.497. The van der Waals surface area contributed by atoms with E-state index in [1.54, 1.807) is 16.5 Å². The molecule has 1 aromatic rings. The van der Waals surface area contributed by atoms with Gasteiger partial charge in [0.1, 0.15) is 13.0 Å². The van der Waals surface area contributed by atoms with Crippen LogP contribution < -0.4 is 0 Å². The topological polar surface area (TPSA) is 25.8 Å². The van der Waals surface area contributed by atoms with Crippen LogP contribution in [0.2, 0.25) is 0 Å². The highest BCUT2D eigenvalue weighted by Gasteiger charge is 1.62. The maximum atomic E-state index is 3.59. The molecule has 26 valence electrons. The van der Waals surface area contributed by atoms with Crippen LogP contribution in [-0.2, 0) is 0 Å². The lowest BCUT2D eigenvalue weighted by Crippen LogP contribution is -1.49. The minimum Gasteiger partial charge on any atom is -0.143 e. The van der Waals surface area contributed by atoms with E-state index in [4.69, 9.17) is 0 Å². The second kappa shape index (κ2) is 1.43. The van der Waals surface area contributed by atoms with E-state index >= 15 is 0 Å². The fourth-order valence-corrected chi connectivity index (χ4v) is 0.949. The molecule has 0 aliphatic carbocycles. The summed E-state index contributed by atoms with van der Waals surface area (Å²) in [4.78, 5) is 3.59. The minimum absolute atomic E-state index is 1.01. The molecular weight excluding hydrogens is 103 g/mol. The predicted molar refractivity (Wildman–Crippen MR) is 22.4 cm³/mol. The van der Waals surface area contributed by atoms with Gasteiger partial charge in [0.05, 0.1) is 0 Å². The number of aromatic nitrogens is 2. The Morgan fingerprint density at radius 2 is 2.80 bits per heavy atom. The lowest BCUT2D eigenvalue weighted by atomic mass is 11.7. The molecule has 0 bridgehead atoms. The molecule has 0 aliphatic rings. The number of nitrogens with zero attached hydrogens (tertiary/aromatic N) is 2. The van der Waals surface area contributed by atoms with Gasteiger partial charge < -0.3 is 0 Å². The number of hydrogen-bond acceptors (Lipinski definition) is 3. The summed E-state index contributed by atoms with van der Waals surface area (Å²) >= 11 is 0. The first kappa shape index (κ1) is 3.19. The lowest BCUT2D eigenvalue weighted by Gasteiger charge is -1.39. The SMILES string of the molecule is c1nnps1. The smallest absolute Gasteiger partial charge is 0.131 e. The van der Waals surface area contributed by atoms with E-state index in [2.05, 4.69) is 9.96 Å². The van der Waals surface area contributed by atoms with Gasteiger partial charge >= 0.3 is 0 Å². The van der Waals surface area contributed by atoms with Crippen molar-refractivity contribution in [2.45, 2.75) is 0 Å². The van der Waals surface area contributed by atoms with Crippen molar-refractivity contribution in [1.29, 1.82) is 0 Å². The van der Waals surface area contributed by atoms with E-state index in [0.717, 1.165) is 7.53 Å². The van der Waals surface area contributed by atoms with Gasteiger partial charge in [0.25, 0.3) is 0 Å². The molecule has 1 aromatic heterocycles. The molecule has 2 nitrogen and oxygen atoms in total. The standard InChI is InChI=1S/CHN2PS/c1-2-3-4-5-1/h1H. The fraction of sp³-hybridized carbons (Fsp3) is 0. The zero-order chi connectivity index (χ0) is 3.54. The molecule has 0 radical (unpaired) electrons. The Bertz CT molecular complexity index is 66.1. The van der Waals surface area contributed by atoms with Crippen molar-refractivity contribution in [3.05, 3.63) is 5.51 Å². The Balaban J connectivity index is 3.13. The molecule has 0 amide bonds. The van der Waals surface area contributed by atoms with E-state index in [0.29, 0.717) is 0 Å². The highest BCUT2D eigenvalue weighted by molar-refractivity contribution is 7.77. The minimum atomic E-state index is 1.01. The summed E-state index contributed by atoms with van der Waals surface area (Å²) in [5.41, 5.74) is 1.72. The highest BCUT2D eigenvalue weighted by atomic mass is 32.5. The largest absolute Gasteiger partial charge is 0.143 e. The van der Waals surface area contributed by atoms with Crippen LogP contribution in [0, 0.1) is 0 Å². The molecule has 0 fully saturated rings. The van der Waals surface area contributed by atoms with Gasteiger partial charge in [-0.2, -0.15) is 0 Å². The average molecular weight is 104 g/mol. The van der Waals surface area contributed by atoms with Gasteiger partial charge in [0.15, 0.2) is 0 Å². The van der Waals surface area contributed by atoms with Gasteiger partial charge in [-0.3, -0.25) is 0 Å². The number of hydrogen-bond donors (Lipinski definition) is 0. The molecule has 0 aromatic carbocycles. The lowest BCUT2D eigenvalue weighted by molar-refractivity contribution is 1.17. The zero-order valence-corrected chi connectivity index (χ0v) is 4.04. The van der Waals surface area contributed by atoms with E-state index in [9.17, 15) is 0 Å². The van der Waals surface area contributed by atoms with Crippen molar-refractivity contribution < 1.29 is 0 Å². The molecule has 0 saturated heterocycles. The third kappa shape index (κ3) is 0.635. The van der Waals surface area contributed by atoms with Gasteiger partial charge in [-0.1, -0.05) is 10.9 Å². The van der Waals surface area contributed by atoms with Crippen LogP contribution in [0.25, 0.3) is 0 Å². The molecule has 4 heteroatoms.